The van der Waals surface area contributed by atoms with Crippen LogP contribution in [-0.4, -0.2) is 27.8 Å². The van der Waals surface area contributed by atoms with Crippen molar-refractivity contribution in [1.29, 1.82) is 0 Å². The molecule has 7 heteroatoms. The van der Waals surface area contributed by atoms with E-state index in [0.717, 1.165) is 10.7 Å². The van der Waals surface area contributed by atoms with E-state index in [2.05, 4.69) is 15.4 Å². The first-order valence-corrected chi connectivity index (χ1v) is 6.57. The van der Waals surface area contributed by atoms with E-state index in [9.17, 15) is 4.79 Å². The van der Waals surface area contributed by atoms with E-state index in [1.54, 1.807) is 35.4 Å². The quantitative estimate of drug-likeness (QED) is 0.652. The molecule has 1 amide bonds. The van der Waals surface area contributed by atoms with Gasteiger partial charge < -0.3 is 10.3 Å². The summed E-state index contributed by atoms with van der Waals surface area (Å²) >= 11 is 1.57. The van der Waals surface area contributed by atoms with Gasteiger partial charge in [-0.15, -0.1) is 11.3 Å². The summed E-state index contributed by atoms with van der Waals surface area (Å²) in [6, 6.07) is 3.35. The number of nitrogens with one attached hydrogen (secondary N) is 1. The summed E-state index contributed by atoms with van der Waals surface area (Å²) < 4.78 is 0. The first kappa shape index (κ1) is 13.4. The number of hydrogen-bond donors (Lipinski definition) is 2. The summed E-state index contributed by atoms with van der Waals surface area (Å²) in [6.07, 6.45) is 1.52. The number of aromatic nitrogens is 2. The van der Waals surface area contributed by atoms with Gasteiger partial charge in [0.25, 0.3) is 5.91 Å². The summed E-state index contributed by atoms with van der Waals surface area (Å²) in [6.45, 7) is 2.41. The number of aryl methyl sites for hydroxylation is 1. The molecule has 0 saturated carbocycles. The van der Waals surface area contributed by atoms with E-state index < -0.39 is 0 Å². The number of carbonyl (C=O) groups is 1. The average molecular weight is 277 g/mol. The second-order valence-electron chi connectivity index (χ2n) is 4.10. The van der Waals surface area contributed by atoms with Crippen LogP contribution in [0.25, 0.3) is 0 Å². The Bertz CT molecular complexity index is 566. The highest BCUT2D eigenvalue weighted by atomic mass is 32.1. The molecule has 0 unspecified atom stereocenters. The summed E-state index contributed by atoms with van der Waals surface area (Å²) in [5.74, 6) is 5.10. The van der Waals surface area contributed by atoms with Crippen LogP contribution in [0.15, 0.2) is 23.7 Å². The molecule has 3 N–H and O–H groups in total. The molecule has 2 aromatic rings. The van der Waals surface area contributed by atoms with Crippen molar-refractivity contribution >= 4 is 22.9 Å². The van der Waals surface area contributed by atoms with Crippen molar-refractivity contribution in [2.75, 3.05) is 12.5 Å². The van der Waals surface area contributed by atoms with Crippen LogP contribution in [0.2, 0.25) is 0 Å². The number of nitrogens with zero attached hydrogens (tertiary/aromatic N) is 3. The van der Waals surface area contributed by atoms with Crippen LogP contribution in [0.4, 0.5) is 5.69 Å². The molecule has 2 heterocycles. The molecule has 0 aromatic carbocycles. The van der Waals surface area contributed by atoms with E-state index in [0.29, 0.717) is 17.9 Å². The molecule has 2 rings (SSSR count). The van der Waals surface area contributed by atoms with Gasteiger partial charge in [0.15, 0.2) is 0 Å². The number of carbonyl (C=O) groups excluding carboxylic acids is 1. The monoisotopic (exact) mass is 277 g/mol. The van der Waals surface area contributed by atoms with Gasteiger partial charge in [-0.05, 0) is 19.1 Å². The molecule has 0 aliphatic heterocycles. The lowest BCUT2D eigenvalue weighted by atomic mass is 10.3. The van der Waals surface area contributed by atoms with Crippen molar-refractivity contribution in [2.45, 2.75) is 13.5 Å². The molecule has 0 saturated heterocycles. The maximum atomic E-state index is 12.1. The molecular weight excluding hydrogens is 262 g/mol. The van der Waals surface area contributed by atoms with Crippen LogP contribution in [0.1, 0.15) is 21.2 Å². The van der Waals surface area contributed by atoms with E-state index in [-0.39, 0.29) is 5.91 Å². The Hall–Kier alpha value is -1.99. The number of hydrazine groups is 1. The Kier molecular flexibility index (Phi) is 4.08. The van der Waals surface area contributed by atoms with Crippen LogP contribution in [0.3, 0.4) is 0 Å². The van der Waals surface area contributed by atoms with Crippen molar-refractivity contribution in [2.24, 2.45) is 5.84 Å². The Balaban J connectivity index is 2.05. The number of pyridine rings is 1. The van der Waals surface area contributed by atoms with Crippen LogP contribution in [0, 0.1) is 6.92 Å². The van der Waals surface area contributed by atoms with Gasteiger partial charge in [0.05, 0.1) is 29.1 Å². The lowest BCUT2D eigenvalue weighted by Crippen LogP contribution is -2.27. The average Bonchev–Trinajstić information content (AvgIpc) is 2.83. The number of hydrogen-bond acceptors (Lipinski definition) is 6. The fourth-order valence-electron chi connectivity index (χ4n) is 1.60. The minimum Gasteiger partial charge on any atom is -0.334 e. The van der Waals surface area contributed by atoms with Crippen molar-refractivity contribution < 1.29 is 4.79 Å². The highest BCUT2D eigenvalue weighted by Gasteiger charge is 2.14. The molecule has 0 atom stereocenters. The summed E-state index contributed by atoms with van der Waals surface area (Å²) in [4.78, 5) is 22.1. The van der Waals surface area contributed by atoms with Crippen LogP contribution < -0.4 is 11.3 Å². The molecule has 100 valence electrons. The molecule has 0 aliphatic rings. The van der Waals surface area contributed by atoms with E-state index in [1.165, 1.54) is 6.20 Å². The number of amides is 1. The van der Waals surface area contributed by atoms with Gasteiger partial charge >= 0.3 is 0 Å². The summed E-state index contributed by atoms with van der Waals surface area (Å²) in [7, 11) is 1.73. The van der Waals surface area contributed by atoms with Crippen LogP contribution >= 0.6 is 11.3 Å². The lowest BCUT2D eigenvalue weighted by molar-refractivity contribution is 0.0778. The molecule has 0 aliphatic carbocycles. The first-order chi connectivity index (χ1) is 9.10. The van der Waals surface area contributed by atoms with Gasteiger partial charge in [0.1, 0.15) is 5.69 Å². The minimum atomic E-state index is -0.144. The van der Waals surface area contributed by atoms with Crippen molar-refractivity contribution in [3.8, 4) is 0 Å². The highest BCUT2D eigenvalue weighted by Crippen LogP contribution is 2.12. The third-order valence-corrected chi connectivity index (χ3v) is 3.38. The number of thiazole rings is 1. The zero-order chi connectivity index (χ0) is 13.8. The maximum absolute atomic E-state index is 12.1. The Morgan fingerprint density at radius 3 is 2.84 bits per heavy atom. The van der Waals surface area contributed by atoms with Crippen molar-refractivity contribution in [1.82, 2.24) is 14.9 Å². The SMILES string of the molecule is Cc1nc(CN(C)C(=O)c2ccc(NN)cn2)cs1. The van der Waals surface area contributed by atoms with Gasteiger partial charge in [0, 0.05) is 12.4 Å². The van der Waals surface area contributed by atoms with E-state index >= 15 is 0 Å². The van der Waals surface area contributed by atoms with E-state index in [4.69, 9.17) is 5.84 Å². The fourth-order valence-corrected chi connectivity index (χ4v) is 2.20. The van der Waals surface area contributed by atoms with Gasteiger partial charge in [-0.3, -0.25) is 10.6 Å². The smallest absolute Gasteiger partial charge is 0.272 e. The third-order valence-electron chi connectivity index (χ3n) is 2.56. The minimum absolute atomic E-state index is 0.144. The molecule has 6 nitrogen and oxygen atoms in total. The Morgan fingerprint density at radius 1 is 1.53 bits per heavy atom. The molecule has 0 bridgehead atoms. The second kappa shape index (κ2) is 5.77. The Labute approximate surface area is 115 Å². The zero-order valence-electron chi connectivity index (χ0n) is 10.8. The van der Waals surface area contributed by atoms with Crippen molar-refractivity contribution in [3.05, 3.63) is 40.1 Å². The van der Waals surface area contributed by atoms with Crippen LogP contribution in [-0.2, 0) is 6.54 Å². The Morgan fingerprint density at radius 2 is 2.32 bits per heavy atom. The van der Waals surface area contributed by atoms with Crippen molar-refractivity contribution in [3.63, 3.8) is 0 Å². The van der Waals surface area contributed by atoms with Gasteiger partial charge in [-0.25, -0.2) is 9.97 Å². The standard InChI is InChI=1S/C12H15N5OS/c1-8-15-10(7-19-8)6-17(2)12(18)11-4-3-9(16-13)5-14-11/h3-5,7,16H,6,13H2,1-2H3. The summed E-state index contributed by atoms with van der Waals surface area (Å²) in [5.41, 5.74) is 4.40. The van der Waals surface area contributed by atoms with Gasteiger partial charge in [-0.2, -0.15) is 0 Å². The molecular formula is C12H15N5OS. The number of anilines is 1. The van der Waals surface area contributed by atoms with E-state index in [1.807, 2.05) is 12.3 Å². The fraction of sp³-hybridized carbons (Fsp3) is 0.250. The topological polar surface area (TPSA) is 84.1 Å². The molecule has 0 spiro atoms. The molecule has 0 fully saturated rings. The molecule has 2 aromatic heterocycles. The molecule has 19 heavy (non-hydrogen) atoms. The predicted molar refractivity (Wildman–Crippen MR) is 74.7 cm³/mol. The normalized spacial score (nSPS) is 10.3. The summed E-state index contributed by atoms with van der Waals surface area (Å²) in [5, 5.41) is 2.95. The largest absolute Gasteiger partial charge is 0.334 e. The number of nitrogens with two attached hydrogens (primary N) is 1. The van der Waals surface area contributed by atoms with Gasteiger partial charge in [0.2, 0.25) is 0 Å². The maximum Gasteiger partial charge on any atom is 0.272 e. The predicted octanol–water partition coefficient (Wildman–Crippen LogP) is 1.40. The molecule has 0 radical (unpaired) electrons. The first-order valence-electron chi connectivity index (χ1n) is 5.69. The van der Waals surface area contributed by atoms with Crippen LogP contribution in [0.5, 0.6) is 0 Å². The third kappa shape index (κ3) is 3.27. The van der Waals surface area contributed by atoms with Gasteiger partial charge in [-0.1, -0.05) is 0 Å². The second-order valence-corrected chi connectivity index (χ2v) is 5.16. The lowest BCUT2D eigenvalue weighted by Gasteiger charge is -2.15. The highest BCUT2D eigenvalue weighted by molar-refractivity contribution is 7.09. The number of nitrogen functional groups attached to an aromatic ring is 1. The zero-order valence-corrected chi connectivity index (χ0v) is 11.6. The number of rotatable bonds is 4.